The van der Waals surface area contributed by atoms with Crippen LogP contribution in [0.1, 0.15) is 89.1 Å². The highest BCUT2D eigenvalue weighted by Crippen LogP contribution is 2.46. The zero-order chi connectivity index (χ0) is 44.4. The summed E-state index contributed by atoms with van der Waals surface area (Å²) in [6, 6.07) is 3.75. The molecule has 0 bridgehead atoms. The van der Waals surface area contributed by atoms with Gasteiger partial charge < -0.3 is 58.6 Å². The summed E-state index contributed by atoms with van der Waals surface area (Å²) in [5.41, 5.74) is 13.3. The number of hydrogen-bond acceptors (Lipinski definition) is 14. The second kappa shape index (κ2) is 17.9. The van der Waals surface area contributed by atoms with Crippen LogP contribution in [0.5, 0.6) is 0 Å². The van der Waals surface area contributed by atoms with Gasteiger partial charge in [0.1, 0.15) is 72.2 Å². The Morgan fingerprint density at radius 3 is 1.49 bits per heavy atom. The average Bonchev–Trinajstić information content (AvgIpc) is 3.98. The molecule has 16 nitrogen and oxygen atoms in total. The van der Waals surface area contributed by atoms with E-state index < -0.39 is 40.3 Å². The van der Waals surface area contributed by atoms with E-state index in [1.54, 1.807) is 0 Å². The standard InChI is InChI=1S/C20H32N4O4Si.C14H18N4O4.C7H17ISi.CH4/c1-19(2,3)29(6,7)25-10-13-14-15(28-20(4,5)27-14)18(26-13)24-9-8-12-16(21)22-11-23-17(12)24;1-14(2)21-9-8(5-19)20-13(10(9)22-14)18-4-3-7-11(15)16-6-17-12(7)18;1-7(2,3)9(4,5)6-8;/h8-9,11,13-15,18H,10H2,1-7H3,(H2,21,22,23);3-4,6,8-10,13,19H,5H2,1-2H3,(H2,15,16,17);6H2,1-5H3;1H4/t13-,14-,15-,18-;8-,9-,10-,13-;;/m11../s1. The SMILES string of the molecule is C.CC(C)(C)[Si](C)(C)CI.CC1(C)O[C@@H]2[C@H](O1)[C@@H](CO)O[C@H]2n1ccc2c(N)ncnc21.CC1(C)O[C@@H]2[C@H](O1)[C@@H](CO[Si](C)(C)C(C)(C)C)O[C@H]2n1ccc2c(N)ncnc21. The number of rotatable bonds is 7. The zero-order valence-electron chi connectivity index (χ0n) is 37.7. The number of nitrogen functional groups attached to an aromatic ring is 2. The summed E-state index contributed by atoms with van der Waals surface area (Å²) in [4.78, 5) is 16.7. The summed E-state index contributed by atoms with van der Waals surface area (Å²) >= 11 is 2.52. The molecule has 4 aliphatic rings. The van der Waals surface area contributed by atoms with Crippen molar-refractivity contribution in [2.45, 2.75) is 174 Å². The molecular formula is C42H71IN8O8Si2. The number of halogens is 1. The Balaban J connectivity index is 0.000000194. The van der Waals surface area contributed by atoms with Crippen molar-refractivity contribution in [3.05, 3.63) is 37.2 Å². The summed E-state index contributed by atoms with van der Waals surface area (Å²) in [5, 5.41) is 11.8. The first-order valence-corrected chi connectivity index (χ1v) is 28.3. The van der Waals surface area contributed by atoms with E-state index in [0.717, 1.165) is 16.4 Å². The predicted octanol–water partition coefficient (Wildman–Crippen LogP) is 7.98. The molecule has 8 atom stereocenters. The third kappa shape index (κ3) is 10.2. The van der Waals surface area contributed by atoms with Crippen LogP contribution < -0.4 is 11.5 Å². The van der Waals surface area contributed by atoms with Gasteiger partial charge in [-0.2, -0.15) is 0 Å². The van der Waals surface area contributed by atoms with Gasteiger partial charge in [-0.1, -0.05) is 84.7 Å². The molecule has 0 aromatic carbocycles. The van der Waals surface area contributed by atoms with Gasteiger partial charge in [-0.05, 0) is 67.0 Å². The Hall–Kier alpha value is -2.32. The summed E-state index contributed by atoms with van der Waals surface area (Å²) in [7, 11) is -2.80. The van der Waals surface area contributed by atoms with Gasteiger partial charge in [-0.25, -0.2) is 19.9 Å². The topological polar surface area (TPSA) is 198 Å². The fraction of sp³-hybridized carbons (Fsp3) is 0.714. The quantitative estimate of drug-likeness (QED) is 0.0915. The smallest absolute Gasteiger partial charge is 0.192 e. The molecule has 5 N–H and O–H groups in total. The number of aromatic nitrogens is 6. The van der Waals surface area contributed by atoms with E-state index in [0.29, 0.717) is 28.9 Å². The highest BCUT2D eigenvalue weighted by Gasteiger charge is 2.57. The van der Waals surface area contributed by atoms with Gasteiger partial charge in [0.2, 0.25) is 0 Å². The van der Waals surface area contributed by atoms with Crippen LogP contribution in [-0.4, -0.2) is 116 Å². The van der Waals surface area contributed by atoms with Crippen molar-refractivity contribution >= 4 is 72.7 Å². The number of aliphatic hydroxyl groups is 1. The summed E-state index contributed by atoms with van der Waals surface area (Å²) in [6.45, 7) is 31.1. The largest absolute Gasteiger partial charge is 0.414 e. The highest BCUT2D eigenvalue weighted by atomic mass is 127. The maximum absolute atomic E-state index is 9.54. The predicted molar refractivity (Wildman–Crippen MR) is 252 cm³/mol. The van der Waals surface area contributed by atoms with Crippen LogP contribution in [0.15, 0.2) is 37.2 Å². The lowest BCUT2D eigenvalue weighted by Crippen LogP contribution is -2.44. The summed E-state index contributed by atoms with van der Waals surface area (Å²) in [6.07, 6.45) is 4.06. The minimum absolute atomic E-state index is 0. The van der Waals surface area contributed by atoms with Gasteiger partial charge in [0, 0.05) is 12.4 Å². The second-order valence-corrected chi connectivity index (χ2v) is 32.9. The van der Waals surface area contributed by atoms with E-state index >= 15 is 0 Å². The fourth-order valence-corrected chi connectivity index (χ4v) is 12.0. The first kappa shape index (κ1) is 49.7. The van der Waals surface area contributed by atoms with E-state index in [1.165, 1.54) is 16.7 Å². The van der Waals surface area contributed by atoms with Crippen molar-refractivity contribution in [3.8, 4) is 0 Å². The third-order valence-electron chi connectivity index (χ3n) is 12.8. The van der Waals surface area contributed by atoms with Gasteiger partial charge in [0.15, 0.2) is 32.3 Å². The zero-order valence-corrected chi connectivity index (χ0v) is 41.9. The molecule has 8 heterocycles. The van der Waals surface area contributed by atoms with Crippen LogP contribution in [0.2, 0.25) is 36.3 Å². The monoisotopic (exact) mass is 998 g/mol. The van der Waals surface area contributed by atoms with Crippen molar-refractivity contribution in [1.29, 1.82) is 0 Å². The normalized spacial score (nSPS) is 28.1. The number of nitrogens with zero attached hydrogens (tertiary/aromatic N) is 6. The second-order valence-electron chi connectivity index (χ2n) is 20.2. The van der Waals surface area contributed by atoms with Crippen LogP contribution in [0.3, 0.4) is 0 Å². The number of nitrogens with two attached hydrogens (primary N) is 2. The van der Waals surface area contributed by atoms with Gasteiger partial charge in [0.05, 0.1) is 32.1 Å². The number of fused-ring (bicyclic) bond motifs is 4. The van der Waals surface area contributed by atoms with Crippen LogP contribution in [0, 0.1) is 0 Å². The van der Waals surface area contributed by atoms with Crippen LogP contribution >= 0.6 is 22.6 Å². The lowest BCUT2D eigenvalue weighted by atomic mass is 10.1. The van der Waals surface area contributed by atoms with E-state index in [2.05, 4.69) is 110 Å². The van der Waals surface area contributed by atoms with Crippen molar-refractivity contribution in [2.75, 3.05) is 28.7 Å². The lowest BCUT2D eigenvalue weighted by Gasteiger charge is -2.37. The molecule has 4 aromatic heterocycles. The van der Waals surface area contributed by atoms with Crippen LogP contribution in [-0.2, 0) is 32.8 Å². The molecular weight excluding hydrogens is 928 g/mol. The van der Waals surface area contributed by atoms with Gasteiger partial charge >= 0.3 is 0 Å². The Kier molecular flexibility index (Phi) is 14.6. The molecule has 0 radical (unpaired) electrons. The van der Waals surface area contributed by atoms with Gasteiger partial charge in [0.25, 0.3) is 0 Å². The number of hydrogen-bond donors (Lipinski definition) is 3. The molecule has 0 unspecified atom stereocenters. The van der Waals surface area contributed by atoms with E-state index in [9.17, 15) is 5.11 Å². The number of ether oxygens (including phenoxy) is 6. The van der Waals surface area contributed by atoms with Crippen molar-refractivity contribution in [1.82, 2.24) is 29.1 Å². The van der Waals surface area contributed by atoms with Crippen molar-refractivity contribution in [3.63, 3.8) is 0 Å². The molecule has 61 heavy (non-hydrogen) atoms. The molecule has 19 heteroatoms. The van der Waals surface area contributed by atoms with Crippen molar-refractivity contribution < 1.29 is 38.0 Å². The molecule has 4 saturated heterocycles. The molecule has 0 spiro atoms. The number of anilines is 2. The minimum atomic E-state index is -1.91. The Morgan fingerprint density at radius 1 is 0.705 bits per heavy atom. The molecule has 0 saturated carbocycles. The van der Waals surface area contributed by atoms with Crippen LogP contribution in [0.25, 0.3) is 22.1 Å². The third-order valence-corrected chi connectivity index (χ3v) is 27.8. The van der Waals surface area contributed by atoms with Crippen molar-refractivity contribution in [2.24, 2.45) is 0 Å². The molecule has 8 rings (SSSR count). The Morgan fingerprint density at radius 2 is 1.11 bits per heavy atom. The van der Waals surface area contributed by atoms with Crippen LogP contribution in [0.4, 0.5) is 11.6 Å². The average molecular weight is 999 g/mol. The molecule has 342 valence electrons. The van der Waals surface area contributed by atoms with E-state index in [4.69, 9.17) is 44.3 Å². The molecule has 0 amide bonds. The number of aliphatic hydroxyl groups excluding tert-OH is 1. The summed E-state index contributed by atoms with van der Waals surface area (Å²) in [5.74, 6) is -0.517. The first-order chi connectivity index (χ1) is 27.7. The molecule has 0 aliphatic carbocycles. The Bertz CT molecular complexity index is 2120. The number of alkyl halides is 1. The Labute approximate surface area is 377 Å². The lowest BCUT2D eigenvalue weighted by molar-refractivity contribution is -0.199. The maximum atomic E-state index is 9.54. The van der Waals surface area contributed by atoms with E-state index in [1.807, 2.05) is 61.4 Å². The van der Waals surface area contributed by atoms with Gasteiger partial charge in [-0.15, -0.1) is 0 Å². The van der Waals surface area contributed by atoms with Gasteiger partial charge in [-0.3, -0.25) is 0 Å². The highest BCUT2D eigenvalue weighted by molar-refractivity contribution is 14.1. The molecule has 4 fully saturated rings. The van der Waals surface area contributed by atoms with E-state index in [-0.39, 0.29) is 55.8 Å². The first-order valence-electron chi connectivity index (χ1n) is 20.7. The molecule has 4 aromatic rings. The minimum Gasteiger partial charge on any atom is -0.414 e. The molecule has 4 aliphatic heterocycles. The summed E-state index contributed by atoms with van der Waals surface area (Å²) < 4.78 is 48.3. The fourth-order valence-electron chi connectivity index (χ4n) is 7.15. The maximum Gasteiger partial charge on any atom is 0.192 e.